The van der Waals surface area contributed by atoms with E-state index < -0.39 is 0 Å². The summed E-state index contributed by atoms with van der Waals surface area (Å²) in [5.74, 6) is 0.839. The number of rotatable bonds is 2. The molecule has 1 fully saturated rings. The lowest BCUT2D eigenvalue weighted by Crippen LogP contribution is -2.28. The van der Waals surface area contributed by atoms with Crippen molar-refractivity contribution in [3.8, 4) is 11.4 Å². The molecule has 1 aliphatic rings. The van der Waals surface area contributed by atoms with E-state index in [0.29, 0.717) is 0 Å². The molecule has 0 radical (unpaired) electrons. The first-order chi connectivity index (χ1) is 9.75. The molecule has 1 aromatic heterocycles. The van der Waals surface area contributed by atoms with Crippen LogP contribution in [0.4, 0.5) is 0 Å². The predicted octanol–water partition coefficient (Wildman–Crippen LogP) is 2.83. The average molecular weight is 267 g/mol. The molecule has 1 amide bonds. The molecule has 2 heterocycles. The van der Waals surface area contributed by atoms with Gasteiger partial charge in [-0.2, -0.15) is 0 Å². The number of likely N-dealkylation sites (tertiary alicyclic amines) is 1. The highest BCUT2D eigenvalue weighted by molar-refractivity contribution is 5.74. The largest absolute Gasteiger partial charge is 0.334 e. The smallest absolute Gasteiger partial charge is 0.220 e. The Balaban J connectivity index is 1.94. The lowest BCUT2D eigenvalue weighted by molar-refractivity contribution is -0.129. The minimum atomic E-state index is 0.0953. The molecule has 0 unspecified atom stereocenters. The van der Waals surface area contributed by atoms with Gasteiger partial charge in [-0.3, -0.25) is 4.79 Å². The fraction of sp³-hybridized carbons (Fsp3) is 0.312. The van der Waals surface area contributed by atoms with E-state index in [2.05, 4.69) is 9.97 Å². The van der Waals surface area contributed by atoms with E-state index in [4.69, 9.17) is 0 Å². The van der Waals surface area contributed by atoms with E-state index in [1.54, 1.807) is 13.1 Å². The molecule has 20 heavy (non-hydrogen) atoms. The lowest BCUT2D eigenvalue weighted by atomic mass is 10.1. The quantitative estimate of drug-likeness (QED) is 0.840. The van der Waals surface area contributed by atoms with Gasteiger partial charge in [0.1, 0.15) is 0 Å². The van der Waals surface area contributed by atoms with Crippen molar-refractivity contribution in [1.29, 1.82) is 0 Å². The summed E-state index contributed by atoms with van der Waals surface area (Å²) < 4.78 is 0. The summed E-state index contributed by atoms with van der Waals surface area (Å²) in [5.41, 5.74) is 1.94. The highest BCUT2D eigenvalue weighted by Gasteiger charge is 2.29. The summed E-state index contributed by atoms with van der Waals surface area (Å²) in [6.45, 7) is 2.45. The first-order valence-electron chi connectivity index (χ1n) is 6.91. The number of hydrogen-bond donors (Lipinski definition) is 0. The van der Waals surface area contributed by atoms with Crippen molar-refractivity contribution in [1.82, 2.24) is 14.9 Å². The van der Waals surface area contributed by atoms with Gasteiger partial charge in [-0.25, -0.2) is 9.97 Å². The topological polar surface area (TPSA) is 46.1 Å². The van der Waals surface area contributed by atoms with E-state index >= 15 is 0 Å². The Morgan fingerprint density at radius 3 is 2.80 bits per heavy atom. The monoisotopic (exact) mass is 267 g/mol. The lowest BCUT2D eigenvalue weighted by Gasteiger charge is -2.22. The van der Waals surface area contributed by atoms with Crippen LogP contribution in [0, 0.1) is 0 Å². The molecule has 4 heteroatoms. The third-order valence-electron chi connectivity index (χ3n) is 3.71. The Hall–Kier alpha value is -2.23. The molecule has 1 saturated heterocycles. The van der Waals surface area contributed by atoms with Crippen molar-refractivity contribution in [3.05, 3.63) is 48.3 Å². The van der Waals surface area contributed by atoms with Crippen LogP contribution in [0.1, 0.15) is 31.5 Å². The predicted molar refractivity (Wildman–Crippen MR) is 76.8 cm³/mol. The van der Waals surface area contributed by atoms with Gasteiger partial charge < -0.3 is 4.90 Å². The van der Waals surface area contributed by atoms with Crippen LogP contribution in [0.15, 0.2) is 42.6 Å². The third-order valence-corrected chi connectivity index (χ3v) is 3.71. The Bertz CT molecular complexity index is 612. The molecule has 102 valence electrons. The second-order valence-corrected chi connectivity index (χ2v) is 5.04. The van der Waals surface area contributed by atoms with Crippen molar-refractivity contribution in [2.75, 3.05) is 6.54 Å². The van der Waals surface area contributed by atoms with Gasteiger partial charge >= 0.3 is 0 Å². The molecule has 4 nitrogen and oxygen atoms in total. The minimum Gasteiger partial charge on any atom is -0.334 e. The number of nitrogens with zero attached hydrogens (tertiary/aromatic N) is 3. The summed E-state index contributed by atoms with van der Waals surface area (Å²) in [6, 6.07) is 11.9. The number of aromatic nitrogens is 2. The molecule has 2 aromatic rings. The van der Waals surface area contributed by atoms with Gasteiger partial charge in [-0.05, 0) is 18.9 Å². The summed E-state index contributed by atoms with van der Waals surface area (Å²) >= 11 is 0. The van der Waals surface area contributed by atoms with Crippen LogP contribution in [-0.4, -0.2) is 27.3 Å². The van der Waals surface area contributed by atoms with Crippen LogP contribution in [0.2, 0.25) is 0 Å². The summed E-state index contributed by atoms with van der Waals surface area (Å²) in [4.78, 5) is 22.6. The van der Waals surface area contributed by atoms with Crippen LogP contribution in [0.25, 0.3) is 11.4 Å². The first kappa shape index (κ1) is 12.8. The molecule has 1 aromatic carbocycles. The van der Waals surface area contributed by atoms with E-state index in [1.807, 2.05) is 41.3 Å². The molecule has 3 rings (SSSR count). The number of benzene rings is 1. The second-order valence-electron chi connectivity index (χ2n) is 5.04. The fourth-order valence-corrected chi connectivity index (χ4v) is 2.74. The van der Waals surface area contributed by atoms with Crippen molar-refractivity contribution in [2.45, 2.75) is 25.8 Å². The highest BCUT2D eigenvalue weighted by Crippen LogP contribution is 2.31. The normalized spacial score (nSPS) is 18.2. The summed E-state index contributed by atoms with van der Waals surface area (Å²) in [5, 5.41) is 0. The zero-order valence-electron chi connectivity index (χ0n) is 11.5. The van der Waals surface area contributed by atoms with Crippen LogP contribution in [-0.2, 0) is 4.79 Å². The number of carbonyl (C=O) groups excluding carboxylic acids is 1. The maximum atomic E-state index is 11.7. The molecule has 0 saturated carbocycles. The van der Waals surface area contributed by atoms with Gasteiger partial charge in [0.05, 0.1) is 11.7 Å². The second kappa shape index (κ2) is 5.41. The fourth-order valence-electron chi connectivity index (χ4n) is 2.74. The van der Waals surface area contributed by atoms with Crippen molar-refractivity contribution in [3.63, 3.8) is 0 Å². The molecule has 0 spiro atoms. The molecule has 0 bridgehead atoms. The van der Waals surface area contributed by atoms with Crippen molar-refractivity contribution in [2.24, 2.45) is 0 Å². The molecular weight excluding hydrogens is 250 g/mol. The van der Waals surface area contributed by atoms with E-state index in [1.165, 1.54) is 0 Å². The number of amides is 1. The molecule has 0 N–H and O–H groups in total. The molecule has 1 aliphatic heterocycles. The van der Waals surface area contributed by atoms with Crippen LogP contribution in [0.5, 0.6) is 0 Å². The van der Waals surface area contributed by atoms with Gasteiger partial charge in [0.15, 0.2) is 5.82 Å². The Morgan fingerprint density at radius 2 is 2.05 bits per heavy atom. The molecule has 0 aliphatic carbocycles. The van der Waals surface area contributed by atoms with Crippen molar-refractivity contribution < 1.29 is 4.79 Å². The Kier molecular flexibility index (Phi) is 3.46. The van der Waals surface area contributed by atoms with E-state index in [0.717, 1.165) is 36.5 Å². The molecular formula is C16H17N3O. The molecule has 1 atom stereocenters. The van der Waals surface area contributed by atoms with Crippen LogP contribution in [0.3, 0.4) is 0 Å². The van der Waals surface area contributed by atoms with Gasteiger partial charge in [0, 0.05) is 25.2 Å². The zero-order valence-corrected chi connectivity index (χ0v) is 11.5. The first-order valence-corrected chi connectivity index (χ1v) is 6.91. The number of carbonyl (C=O) groups is 1. The summed E-state index contributed by atoms with van der Waals surface area (Å²) in [7, 11) is 0. The average Bonchev–Trinajstić information content (AvgIpc) is 2.98. The maximum Gasteiger partial charge on any atom is 0.220 e. The standard InChI is InChI=1S/C16H17N3O/c1-12(20)19-11-5-8-15(19)14-9-10-17-16(18-14)13-6-3-2-4-7-13/h2-4,6-7,9-10,15H,5,8,11H2,1H3/t15-/m0/s1. The van der Waals surface area contributed by atoms with E-state index in [-0.39, 0.29) is 11.9 Å². The van der Waals surface area contributed by atoms with Gasteiger partial charge in [-0.1, -0.05) is 30.3 Å². The SMILES string of the molecule is CC(=O)N1CCC[C@H]1c1ccnc(-c2ccccc2)n1. The Labute approximate surface area is 118 Å². The van der Waals surface area contributed by atoms with Gasteiger partial charge in [0.25, 0.3) is 0 Å². The zero-order chi connectivity index (χ0) is 13.9. The van der Waals surface area contributed by atoms with Gasteiger partial charge in [0.2, 0.25) is 5.91 Å². The van der Waals surface area contributed by atoms with E-state index in [9.17, 15) is 4.79 Å². The number of hydrogen-bond acceptors (Lipinski definition) is 3. The van der Waals surface area contributed by atoms with Gasteiger partial charge in [-0.15, -0.1) is 0 Å². The van der Waals surface area contributed by atoms with Crippen LogP contribution >= 0.6 is 0 Å². The Morgan fingerprint density at radius 1 is 1.25 bits per heavy atom. The van der Waals surface area contributed by atoms with Crippen molar-refractivity contribution >= 4 is 5.91 Å². The summed E-state index contributed by atoms with van der Waals surface area (Å²) in [6.07, 6.45) is 3.79. The minimum absolute atomic E-state index is 0.0953. The van der Waals surface area contributed by atoms with Crippen LogP contribution < -0.4 is 0 Å². The third kappa shape index (κ3) is 2.41. The maximum absolute atomic E-state index is 11.7. The highest BCUT2D eigenvalue weighted by atomic mass is 16.2.